The minimum atomic E-state index is -0.537. The van der Waals surface area contributed by atoms with Gasteiger partial charge in [0.1, 0.15) is 5.75 Å². The monoisotopic (exact) mass is 296 g/mol. The van der Waals surface area contributed by atoms with Gasteiger partial charge in [0.25, 0.3) is 5.69 Å². The quantitative estimate of drug-likeness (QED) is 0.373. The Hall–Kier alpha value is -2.22. The number of nitrogens with one attached hydrogen (secondary N) is 1. The van der Waals surface area contributed by atoms with Gasteiger partial charge in [-0.3, -0.25) is 15.5 Å². The van der Waals surface area contributed by atoms with Gasteiger partial charge in [-0.25, -0.2) is 0 Å². The molecule has 0 saturated carbocycles. The molecule has 0 unspecified atom stereocenters. The van der Waals surface area contributed by atoms with E-state index in [1.807, 2.05) is 18.7 Å². The SMILES string of the molecule is CCN(CC)C(=S)N/N=C/c1cc([N+](=O)[O-])ccc1O. The van der Waals surface area contributed by atoms with E-state index >= 15 is 0 Å². The third kappa shape index (κ3) is 4.16. The van der Waals surface area contributed by atoms with Crippen molar-refractivity contribution in [2.75, 3.05) is 13.1 Å². The molecule has 0 atom stereocenters. The lowest BCUT2D eigenvalue weighted by Crippen LogP contribution is -2.37. The third-order valence-electron chi connectivity index (χ3n) is 2.64. The lowest BCUT2D eigenvalue weighted by Gasteiger charge is -2.20. The van der Waals surface area contributed by atoms with E-state index in [2.05, 4.69) is 10.5 Å². The normalized spacial score (nSPS) is 10.5. The number of phenolic OH excluding ortho intramolecular Hbond substituents is 1. The Balaban J connectivity index is 2.78. The fourth-order valence-electron chi connectivity index (χ4n) is 1.50. The number of hydrogen-bond acceptors (Lipinski definition) is 5. The maximum atomic E-state index is 10.6. The largest absolute Gasteiger partial charge is 0.507 e. The van der Waals surface area contributed by atoms with Gasteiger partial charge >= 0.3 is 0 Å². The van der Waals surface area contributed by atoms with Crippen LogP contribution >= 0.6 is 12.2 Å². The summed E-state index contributed by atoms with van der Waals surface area (Å²) in [5.74, 6) is -0.0880. The van der Waals surface area contributed by atoms with E-state index in [0.717, 1.165) is 13.1 Å². The van der Waals surface area contributed by atoms with Crippen LogP contribution in [-0.4, -0.2) is 39.3 Å². The molecule has 8 heteroatoms. The molecule has 0 heterocycles. The minimum absolute atomic E-state index is 0.0880. The Bertz CT molecular complexity index is 529. The van der Waals surface area contributed by atoms with Gasteiger partial charge in [0, 0.05) is 30.8 Å². The highest BCUT2D eigenvalue weighted by atomic mass is 32.1. The molecule has 0 aliphatic rings. The molecule has 1 aromatic rings. The average Bonchev–Trinajstić information content (AvgIpc) is 2.42. The van der Waals surface area contributed by atoms with Crippen LogP contribution in [0.15, 0.2) is 23.3 Å². The molecular formula is C12H16N4O3S. The average molecular weight is 296 g/mol. The first-order valence-corrected chi connectivity index (χ1v) is 6.45. The molecular weight excluding hydrogens is 280 g/mol. The molecule has 108 valence electrons. The van der Waals surface area contributed by atoms with E-state index in [1.54, 1.807) is 0 Å². The molecule has 0 aromatic heterocycles. The summed E-state index contributed by atoms with van der Waals surface area (Å²) in [6, 6.07) is 3.71. The number of nitrogens with zero attached hydrogens (tertiary/aromatic N) is 3. The van der Waals surface area contributed by atoms with Gasteiger partial charge in [-0.05, 0) is 32.1 Å². The number of nitro groups is 1. The summed E-state index contributed by atoms with van der Waals surface area (Å²) >= 11 is 5.12. The van der Waals surface area contributed by atoms with E-state index in [1.165, 1.54) is 24.4 Å². The summed E-state index contributed by atoms with van der Waals surface area (Å²) in [5, 5.41) is 24.6. The molecule has 1 aromatic carbocycles. The summed E-state index contributed by atoms with van der Waals surface area (Å²) in [7, 11) is 0. The van der Waals surface area contributed by atoms with E-state index in [4.69, 9.17) is 12.2 Å². The topological polar surface area (TPSA) is 91.0 Å². The Morgan fingerprint density at radius 1 is 1.55 bits per heavy atom. The van der Waals surface area contributed by atoms with Crippen LogP contribution in [0.3, 0.4) is 0 Å². The van der Waals surface area contributed by atoms with Crippen LogP contribution in [0.4, 0.5) is 5.69 Å². The Kier molecular flexibility index (Phi) is 5.85. The van der Waals surface area contributed by atoms with Crippen LogP contribution in [0, 0.1) is 10.1 Å². The number of hydrogen-bond donors (Lipinski definition) is 2. The molecule has 20 heavy (non-hydrogen) atoms. The maximum Gasteiger partial charge on any atom is 0.270 e. The first kappa shape index (κ1) is 15.8. The van der Waals surface area contributed by atoms with Gasteiger partial charge in [-0.2, -0.15) is 5.10 Å². The predicted octanol–water partition coefficient (Wildman–Crippen LogP) is 1.85. The lowest BCUT2D eigenvalue weighted by atomic mass is 10.2. The highest BCUT2D eigenvalue weighted by Crippen LogP contribution is 2.21. The summed E-state index contributed by atoms with van der Waals surface area (Å²) in [6.07, 6.45) is 1.29. The molecule has 0 spiro atoms. The van der Waals surface area contributed by atoms with Crippen molar-refractivity contribution < 1.29 is 10.0 Å². The summed E-state index contributed by atoms with van der Waals surface area (Å²) < 4.78 is 0. The molecule has 0 radical (unpaired) electrons. The number of rotatable bonds is 5. The van der Waals surface area contributed by atoms with Gasteiger partial charge < -0.3 is 10.0 Å². The second kappa shape index (κ2) is 7.39. The van der Waals surface area contributed by atoms with Crippen molar-refractivity contribution in [3.05, 3.63) is 33.9 Å². The number of nitro benzene ring substituents is 1. The lowest BCUT2D eigenvalue weighted by molar-refractivity contribution is -0.384. The first-order chi connectivity index (χ1) is 9.49. The van der Waals surface area contributed by atoms with Crippen LogP contribution < -0.4 is 5.43 Å². The van der Waals surface area contributed by atoms with Gasteiger partial charge in [-0.1, -0.05) is 0 Å². The highest BCUT2D eigenvalue weighted by Gasteiger charge is 2.09. The van der Waals surface area contributed by atoms with Gasteiger partial charge in [0.15, 0.2) is 5.11 Å². The fraction of sp³-hybridized carbons (Fsp3) is 0.333. The van der Waals surface area contributed by atoms with Crippen molar-refractivity contribution in [1.29, 1.82) is 0 Å². The van der Waals surface area contributed by atoms with Crippen LogP contribution in [0.5, 0.6) is 5.75 Å². The molecule has 0 fully saturated rings. The van der Waals surface area contributed by atoms with Crippen molar-refractivity contribution in [1.82, 2.24) is 10.3 Å². The Morgan fingerprint density at radius 3 is 2.75 bits per heavy atom. The van der Waals surface area contributed by atoms with Gasteiger partial charge in [-0.15, -0.1) is 0 Å². The summed E-state index contributed by atoms with van der Waals surface area (Å²) in [4.78, 5) is 12.0. The van der Waals surface area contributed by atoms with Gasteiger partial charge in [0.05, 0.1) is 11.1 Å². The van der Waals surface area contributed by atoms with Crippen molar-refractivity contribution in [3.8, 4) is 5.75 Å². The first-order valence-electron chi connectivity index (χ1n) is 6.05. The van der Waals surface area contributed by atoms with Crippen molar-refractivity contribution in [2.45, 2.75) is 13.8 Å². The Labute approximate surface area is 122 Å². The van der Waals surface area contributed by atoms with Gasteiger partial charge in [0.2, 0.25) is 0 Å². The fourth-order valence-corrected chi connectivity index (χ4v) is 1.81. The number of thiocarbonyl (C=S) groups is 1. The van der Waals surface area contributed by atoms with Crippen LogP contribution in [-0.2, 0) is 0 Å². The predicted molar refractivity (Wildman–Crippen MR) is 81.0 cm³/mol. The second-order valence-corrected chi connectivity index (χ2v) is 4.23. The number of hydrazone groups is 1. The molecule has 2 N–H and O–H groups in total. The molecule has 0 amide bonds. The number of non-ortho nitro benzene ring substituents is 1. The molecule has 0 saturated heterocycles. The summed E-state index contributed by atoms with van der Waals surface area (Å²) in [6.45, 7) is 5.43. The Morgan fingerprint density at radius 2 is 2.20 bits per heavy atom. The zero-order valence-electron chi connectivity index (χ0n) is 11.2. The number of phenols is 1. The number of benzene rings is 1. The molecule has 0 aliphatic heterocycles. The zero-order valence-corrected chi connectivity index (χ0v) is 12.1. The van der Waals surface area contributed by atoms with Crippen LogP contribution in [0.25, 0.3) is 0 Å². The molecule has 0 aliphatic carbocycles. The van der Waals surface area contributed by atoms with E-state index < -0.39 is 4.92 Å². The van der Waals surface area contributed by atoms with Crippen LogP contribution in [0.1, 0.15) is 19.4 Å². The third-order valence-corrected chi connectivity index (χ3v) is 2.99. The maximum absolute atomic E-state index is 10.6. The van der Waals surface area contributed by atoms with E-state index in [0.29, 0.717) is 5.11 Å². The minimum Gasteiger partial charge on any atom is -0.507 e. The molecule has 7 nitrogen and oxygen atoms in total. The highest BCUT2D eigenvalue weighted by molar-refractivity contribution is 7.80. The standard InChI is InChI=1S/C12H16N4O3S/c1-3-15(4-2)12(20)14-13-8-9-7-10(16(18)19)5-6-11(9)17/h5-8,17H,3-4H2,1-2H3,(H,14,20)/b13-8+. The zero-order chi connectivity index (χ0) is 15.1. The molecule has 1 rings (SSSR count). The second-order valence-electron chi connectivity index (χ2n) is 3.85. The van der Waals surface area contributed by atoms with Crippen molar-refractivity contribution in [2.24, 2.45) is 5.10 Å². The van der Waals surface area contributed by atoms with E-state index in [-0.39, 0.29) is 17.0 Å². The van der Waals surface area contributed by atoms with Crippen molar-refractivity contribution >= 4 is 29.2 Å². The number of aromatic hydroxyl groups is 1. The van der Waals surface area contributed by atoms with E-state index in [9.17, 15) is 15.2 Å². The van der Waals surface area contributed by atoms with Crippen molar-refractivity contribution in [3.63, 3.8) is 0 Å². The smallest absolute Gasteiger partial charge is 0.270 e. The summed E-state index contributed by atoms with van der Waals surface area (Å²) in [5.41, 5.74) is 2.78. The molecule has 0 bridgehead atoms. The van der Waals surface area contributed by atoms with Crippen LogP contribution in [0.2, 0.25) is 0 Å².